The van der Waals surface area contributed by atoms with Crippen LogP contribution in [0.15, 0.2) is 29.2 Å². The minimum atomic E-state index is -4.50. The van der Waals surface area contributed by atoms with E-state index in [0.29, 0.717) is 11.4 Å². The maximum atomic E-state index is 12.7. The molecule has 0 aliphatic rings. The summed E-state index contributed by atoms with van der Waals surface area (Å²) in [6, 6.07) is 5.05. The Morgan fingerprint density at radius 1 is 1.17 bits per heavy atom. The number of aromatic nitrogens is 3. The number of aryl methyl sites for hydroxylation is 2. The van der Waals surface area contributed by atoms with Gasteiger partial charge in [-0.25, -0.2) is 8.42 Å². The minimum absolute atomic E-state index is 0.0210. The van der Waals surface area contributed by atoms with Crippen molar-refractivity contribution in [1.29, 1.82) is 0 Å². The third kappa shape index (κ3) is 2.84. The second-order valence-electron chi connectivity index (χ2n) is 5.35. The van der Waals surface area contributed by atoms with Gasteiger partial charge in [-0.1, -0.05) is 0 Å². The van der Waals surface area contributed by atoms with Gasteiger partial charge in [0.2, 0.25) is 0 Å². The molecular formula is C14H13F3N4O2S. The van der Waals surface area contributed by atoms with Crippen LogP contribution in [0.3, 0.4) is 0 Å². The fraction of sp³-hybridized carbons (Fsp3) is 0.214. The van der Waals surface area contributed by atoms with Gasteiger partial charge in [0.05, 0.1) is 11.4 Å². The molecule has 0 aliphatic heterocycles. The van der Waals surface area contributed by atoms with Gasteiger partial charge in [-0.15, -0.1) is 0 Å². The Kier molecular flexibility index (Phi) is 3.59. The van der Waals surface area contributed by atoms with Crippen molar-refractivity contribution in [2.24, 2.45) is 0 Å². The number of anilines is 1. The molecule has 0 aliphatic carbocycles. The molecule has 1 aromatic carbocycles. The van der Waals surface area contributed by atoms with Gasteiger partial charge < -0.3 is 4.98 Å². The van der Waals surface area contributed by atoms with Crippen molar-refractivity contribution < 1.29 is 21.6 Å². The zero-order chi connectivity index (χ0) is 17.7. The van der Waals surface area contributed by atoms with Gasteiger partial charge in [0.15, 0.2) is 0 Å². The number of hydrogen-bond acceptors (Lipinski definition) is 3. The largest absolute Gasteiger partial charge is 0.431 e. The SMILES string of the molecule is Cc1n[nH]c(C)c1S(=O)(=O)Nc1ccc2[nH]c(C(F)(F)F)cc2c1. The molecule has 24 heavy (non-hydrogen) atoms. The standard InChI is InChI=1S/C14H13F3N4O2S/c1-7-13(8(2)20-19-7)24(22,23)21-10-3-4-11-9(5-10)6-12(18-11)14(15,16)17/h3-6,18,21H,1-2H3,(H,19,20). The van der Waals surface area contributed by atoms with Gasteiger partial charge in [-0.2, -0.15) is 18.3 Å². The molecule has 0 saturated heterocycles. The lowest BCUT2D eigenvalue weighted by Gasteiger charge is -2.08. The Balaban J connectivity index is 1.99. The summed E-state index contributed by atoms with van der Waals surface area (Å²) in [7, 11) is -3.90. The van der Waals surface area contributed by atoms with Crippen LogP contribution in [0.4, 0.5) is 18.9 Å². The smallest absolute Gasteiger partial charge is 0.351 e. The zero-order valence-electron chi connectivity index (χ0n) is 12.6. The van der Waals surface area contributed by atoms with Crippen LogP contribution in [0.5, 0.6) is 0 Å². The molecule has 128 valence electrons. The highest BCUT2D eigenvalue weighted by atomic mass is 32.2. The fourth-order valence-corrected chi connectivity index (χ4v) is 3.91. The van der Waals surface area contributed by atoms with E-state index >= 15 is 0 Å². The van der Waals surface area contributed by atoms with Crippen molar-refractivity contribution in [2.45, 2.75) is 24.9 Å². The summed E-state index contributed by atoms with van der Waals surface area (Å²) in [4.78, 5) is 2.28. The van der Waals surface area contributed by atoms with Crippen molar-refractivity contribution in [2.75, 3.05) is 4.72 Å². The summed E-state index contributed by atoms with van der Waals surface area (Å²) < 4.78 is 65.4. The summed E-state index contributed by atoms with van der Waals surface area (Å²) >= 11 is 0. The molecule has 3 N–H and O–H groups in total. The number of hydrogen-bond donors (Lipinski definition) is 3. The molecule has 0 fully saturated rings. The highest BCUT2D eigenvalue weighted by Gasteiger charge is 2.32. The van der Waals surface area contributed by atoms with E-state index in [1.54, 1.807) is 13.8 Å². The molecule has 0 unspecified atom stereocenters. The average molecular weight is 358 g/mol. The van der Waals surface area contributed by atoms with Crippen LogP contribution in [0, 0.1) is 13.8 Å². The number of alkyl halides is 3. The van der Waals surface area contributed by atoms with E-state index in [-0.39, 0.29) is 21.5 Å². The molecule has 6 nitrogen and oxygen atoms in total. The van der Waals surface area contributed by atoms with Gasteiger partial charge >= 0.3 is 6.18 Å². The van der Waals surface area contributed by atoms with E-state index in [1.807, 2.05) is 0 Å². The number of benzene rings is 1. The third-order valence-corrected chi connectivity index (χ3v) is 5.15. The number of aromatic amines is 2. The van der Waals surface area contributed by atoms with E-state index in [1.165, 1.54) is 18.2 Å². The summed E-state index contributed by atoms with van der Waals surface area (Å²) in [5.41, 5.74) is 0.222. The first-order chi connectivity index (χ1) is 11.1. The number of nitrogens with zero attached hydrogens (tertiary/aromatic N) is 1. The van der Waals surface area contributed by atoms with Gasteiger partial charge in [0, 0.05) is 16.6 Å². The Bertz CT molecular complexity index is 999. The molecular weight excluding hydrogens is 345 g/mol. The lowest BCUT2D eigenvalue weighted by Crippen LogP contribution is -2.14. The fourth-order valence-electron chi connectivity index (χ4n) is 2.49. The molecule has 2 aromatic heterocycles. The average Bonchev–Trinajstić information content (AvgIpc) is 3.01. The number of H-pyrrole nitrogens is 2. The summed E-state index contributed by atoms with van der Waals surface area (Å²) in [6.45, 7) is 3.11. The van der Waals surface area contributed by atoms with E-state index in [4.69, 9.17) is 0 Å². The van der Waals surface area contributed by atoms with Gasteiger partial charge in [0.25, 0.3) is 10.0 Å². The normalized spacial score (nSPS) is 12.7. The Hall–Kier alpha value is -2.49. The minimum Gasteiger partial charge on any atom is -0.351 e. The maximum Gasteiger partial charge on any atom is 0.431 e. The first-order valence-electron chi connectivity index (χ1n) is 6.82. The van der Waals surface area contributed by atoms with Gasteiger partial charge in [-0.3, -0.25) is 9.82 Å². The predicted molar refractivity (Wildman–Crippen MR) is 82.2 cm³/mol. The Labute approximate surface area is 135 Å². The van der Waals surface area contributed by atoms with Gasteiger partial charge in [-0.05, 0) is 38.1 Å². The van der Waals surface area contributed by atoms with E-state index in [9.17, 15) is 21.6 Å². The van der Waals surface area contributed by atoms with Crippen molar-refractivity contribution in [3.8, 4) is 0 Å². The Morgan fingerprint density at radius 2 is 1.88 bits per heavy atom. The second-order valence-corrected chi connectivity index (χ2v) is 6.97. The van der Waals surface area contributed by atoms with Crippen LogP contribution in [-0.4, -0.2) is 23.6 Å². The lowest BCUT2D eigenvalue weighted by atomic mass is 10.2. The monoisotopic (exact) mass is 358 g/mol. The molecule has 0 saturated carbocycles. The molecule has 3 aromatic rings. The van der Waals surface area contributed by atoms with Crippen molar-refractivity contribution >= 4 is 26.6 Å². The van der Waals surface area contributed by atoms with E-state index in [2.05, 4.69) is 19.9 Å². The molecule has 2 heterocycles. The topological polar surface area (TPSA) is 90.6 Å². The lowest BCUT2D eigenvalue weighted by molar-refractivity contribution is -0.140. The highest BCUT2D eigenvalue weighted by molar-refractivity contribution is 7.92. The number of halogens is 3. The van der Waals surface area contributed by atoms with Crippen molar-refractivity contribution in [3.63, 3.8) is 0 Å². The summed E-state index contributed by atoms with van der Waals surface area (Å²) in [5, 5.41) is 6.66. The molecule has 0 radical (unpaired) electrons. The Morgan fingerprint density at radius 3 is 2.46 bits per heavy atom. The van der Waals surface area contributed by atoms with E-state index < -0.39 is 21.9 Å². The van der Waals surface area contributed by atoms with Crippen molar-refractivity contribution in [3.05, 3.63) is 41.3 Å². The van der Waals surface area contributed by atoms with Gasteiger partial charge in [0.1, 0.15) is 10.6 Å². The quantitative estimate of drug-likeness (QED) is 0.671. The first-order valence-corrected chi connectivity index (χ1v) is 8.30. The molecule has 0 atom stereocenters. The number of nitrogens with one attached hydrogen (secondary N) is 3. The van der Waals surface area contributed by atoms with Crippen LogP contribution in [0.1, 0.15) is 17.1 Å². The van der Waals surface area contributed by atoms with Crippen LogP contribution < -0.4 is 4.72 Å². The van der Waals surface area contributed by atoms with Crippen LogP contribution >= 0.6 is 0 Å². The predicted octanol–water partition coefficient (Wildman–Crippen LogP) is 3.33. The molecule has 0 amide bonds. The molecule has 0 spiro atoms. The molecule has 3 rings (SSSR count). The van der Waals surface area contributed by atoms with Crippen LogP contribution in [0.25, 0.3) is 10.9 Å². The second kappa shape index (κ2) is 5.26. The van der Waals surface area contributed by atoms with E-state index in [0.717, 1.165) is 6.07 Å². The van der Waals surface area contributed by atoms with Crippen molar-refractivity contribution in [1.82, 2.24) is 15.2 Å². The third-order valence-electron chi connectivity index (χ3n) is 3.51. The first kappa shape index (κ1) is 16.4. The molecule has 0 bridgehead atoms. The number of fused-ring (bicyclic) bond motifs is 1. The zero-order valence-corrected chi connectivity index (χ0v) is 13.4. The number of sulfonamides is 1. The summed E-state index contributed by atoms with van der Waals surface area (Å²) in [6.07, 6.45) is -4.50. The van der Waals surface area contributed by atoms with Crippen LogP contribution in [0.2, 0.25) is 0 Å². The van der Waals surface area contributed by atoms with Crippen LogP contribution in [-0.2, 0) is 16.2 Å². The maximum absolute atomic E-state index is 12.7. The highest BCUT2D eigenvalue weighted by Crippen LogP contribution is 2.32. The molecule has 10 heteroatoms. The summed E-state index contributed by atoms with van der Waals surface area (Å²) in [5.74, 6) is 0. The number of rotatable bonds is 3.